The third kappa shape index (κ3) is 10.1. The highest BCUT2D eigenvalue weighted by Gasteiger charge is 2.40. The summed E-state index contributed by atoms with van der Waals surface area (Å²) < 4.78 is 29.8. The number of hydrogen-bond donors (Lipinski definition) is 1. The highest BCUT2D eigenvalue weighted by molar-refractivity contribution is 6.74. The number of hydrogen-bond acceptors (Lipinski definition) is 8. The SMILES string of the molecule is C=CCOC(=O)Nc1cc(OCCCCCOc2cc3c(cc2OC)C(=O)N2CC(=C)C[C@H]2CC3)c(C)cc1C(=O)N1CC(=C)C[C@H]1CO[Si](C)(C)C(C)(C)C. The lowest BCUT2D eigenvalue weighted by atomic mass is 10.00. The minimum Gasteiger partial charge on any atom is -0.493 e. The van der Waals surface area contributed by atoms with E-state index >= 15 is 0 Å². The van der Waals surface area contributed by atoms with E-state index in [2.05, 4.69) is 58.9 Å². The Morgan fingerprint density at radius 1 is 0.964 bits per heavy atom. The van der Waals surface area contributed by atoms with Gasteiger partial charge >= 0.3 is 6.09 Å². The molecule has 0 spiro atoms. The number of fused-ring (bicyclic) bond motifs is 2. The van der Waals surface area contributed by atoms with Gasteiger partial charge in [0, 0.05) is 30.8 Å². The zero-order valence-corrected chi connectivity index (χ0v) is 35.5. The van der Waals surface area contributed by atoms with Crippen LogP contribution < -0.4 is 19.5 Å². The number of benzene rings is 2. The van der Waals surface area contributed by atoms with E-state index in [0.717, 1.165) is 60.8 Å². The van der Waals surface area contributed by atoms with Crippen molar-refractivity contribution in [1.29, 1.82) is 0 Å². The van der Waals surface area contributed by atoms with Gasteiger partial charge in [-0.25, -0.2) is 4.79 Å². The molecule has 3 aliphatic heterocycles. The van der Waals surface area contributed by atoms with Gasteiger partial charge < -0.3 is 33.2 Å². The summed E-state index contributed by atoms with van der Waals surface area (Å²) in [7, 11) is -0.456. The standard InChI is InChI=1S/C44H61N3O8Si/c1-11-17-54-43(50)45-37-25-38(31(4)22-36(37)42(49)47-27-30(3)21-34(47)28-55-56(9,10)44(5,6)7)52-18-13-12-14-19-53-40-23-32-15-16-33-20-29(2)26-46(33)41(48)35(32)24-39(40)51-8/h11,22-25,33-34H,1-3,12-21,26-28H2,4-10H3,(H,45,50)/t33-,34+/m1/s1. The molecule has 2 fully saturated rings. The molecule has 2 atom stereocenters. The minimum absolute atomic E-state index is 0.0295. The second-order valence-electron chi connectivity index (χ2n) is 16.8. The Labute approximate surface area is 334 Å². The van der Waals surface area contributed by atoms with Crippen LogP contribution in [-0.4, -0.2) is 94.7 Å². The van der Waals surface area contributed by atoms with Crippen molar-refractivity contribution < 1.29 is 37.8 Å². The van der Waals surface area contributed by atoms with Crippen LogP contribution in [0.2, 0.25) is 18.1 Å². The van der Waals surface area contributed by atoms with Gasteiger partial charge in [0.1, 0.15) is 12.4 Å². The molecule has 0 unspecified atom stereocenters. The molecule has 0 aromatic heterocycles. The number of likely N-dealkylation sites (tertiary alicyclic amines) is 1. The molecule has 3 amide bonds. The first-order valence-corrected chi connectivity index (χ1v) is 22.7. The lowest BCUT2D eigenvalue weighted by Crippen LogP contribution is -2.46. The fraction of sp³-hybridized carbons (Fsp3) is 0.523. The molecule has 2 aromatic carbocycles. The number of methoxy groups -OCH3 is 1. The van der Waals surface area contributed by atoms with Crippen molar-refractivity contribution in [3.63, 3.8) is 0 Å². The Balaban J connectivity index is 1.19. The average Bonchev–Trinajstić information content (AvgIpc) is 3.69. The van der Waals surface area contributed by atoms with E-state index in [0.29, 0.717) is 73.4 Å². The van der Waals surface area contributed by atoms with E-state index in [1.807, 2.05) is 24.0 Å². The molecule has 12 heteroatoms. The number of carbonyl (C=O) groups is 3. The maximum Gasteiger partial charge on any atom is 0.411 e. The Kier molecular flexibility index (Phi) is 13.8. The third-order valence-electron chi connectivity index (χ3n) is 11.5. The Morgan fingerprint density at radius 3 is 2.34 bits per heavy atom. The molecule has 5 rings (SSSR count). The zero-order valence-electron chi connectivity index (χ0n) is 34.5. The predicted molar refractivity (Wildman–Crippen MR) is 223 cm³/mol. The molecule has 0 saturated carbocycles. The van der Waals surface area contributed by atoms with Gasteiger partial charge in [-0.1, -0.05) is 57.7 Å². The maximum atomic E-state index is 14.2. The van der Waals surface area contributed by atoms with Crippen LogP contribution in [0.5, 0.6) is 17.2 Å². The van der Waals surface area contributed by atoms with Crippen LogP contribution in [-0.2, 0) is 15.6 Å². The first-order chi connectivity index (χ1) is 26.5. The molecule has 2 aromatic rings. The molecular weight excluding hydrogens is 727 g/mol. The Hall–Kier alpha value is -4.55. The average molecular weight is 788 g/mol. The van der Waals surface area contributed by atoms with Crippen molar-refractivity contribution in [2.24, 2.45) is 0 Å². The second kappa shape index (κ2) is 18.1. The van der Waals surface area contributed by atoms with Gasteiger partial charge in [-0.3, -0.25) is 14.9 Å². The summed E-state index contributed by atoms with van der Waals surface area (Å²) in [5.74, 6) is 1.58. The van der Waals surface area contributed by atoms with Crippen molar-refractivity contribution in [3.05, 3.63) is 83.5 Å². The van der Waals surface area contributed by atoms with Crippen LogP contribution >= 0.6 is 0 Å². The van der Waals surface area contributed by atoms with Gasteiger partial charge in [-0.15, -0.1) is 0 Å². The Morgan fingerprint density at radius 2 is 1.66 bits per heavy atom. The number of anilines is 1. The molecule has 304 valence electrons. The topological polar surface area (TPSA) is 116 Å². The molecular formula is C44H61N3O8Si. The lowest BCUT2D eigenvalue weighted by Gasteiger charge is -2.38. The number of ether oxygens (including phenoxy) is 4. The van der Waals surface area contributed by atoms with Crippen molar-refractivity contribution in [2.75, 3.05) is 51.9 Å². The van der Waals surface area contributed by atoms with Crippen molar-refractivity contribution >= 4 is 31.9 Å². The van der Waals surface area contributed by atoms with E-state index in [-0.39, 0.29) is 35.5 Å². The molecule has 56 heavy (non-hydrogen) atoms. The predicted octanol–water partition coefficient (Wildman–Crippen LogP) is 8.88. The van der Waals surface area contributed by atoms with Gasteiger partial charge in [-0.2, -0.15) is 0 Å². The van der Waals surface area contributed by atoms with Gasteiger partial charge in [0.05, 0.1) is 44.2 Å². The van der Waals surface area contributed by atoms with Crippen LogP contribution in [0.25, 0.3) is 0 Å². The van der Waals surface area contributed by atoms with E-state index < -0.39 is 14.4 Å². The summed E-state index contributed by atoms with van der Waals surface area (Å²) in [6, 6.07) is 7.29. The number of unbranched alkanes of at least 4 members (excludes halogenated alkanes) is 2. The van der Waals surface area contributed by atoms with Crippen LogP contribution in [0.1, 0.15) is 91.1 Å². The highest BCUT2D eigenvalue weighted by Crippen LogP contribution is 2.39. The number of amides is 3. The van der Waals surface area contributed by atoms with E-state index in [1.54, 1.807) is 24.1 Å². The second-order valence-corrected chi connectivity index (χ2v) is 21.6. The number of nitrogens with one attached hydrogen (secondary N) is 1. The summed E-state index contributed by atoms with van der Waals surface area (Å²) >= 11 is 0. The number of carbonyl (C=O) groups excluding carboxylic acids is 3. The molecule has 3 aliphatic rings. The summed E-state index contributed by atoms with van der Waals surface area (Å²) in [4.78, 5) is 44.0. The zero-order chi connectivity index (χ0) is 40.8. The number of aryl methyl sites for hydroxylation is 2. The first-order valence-electron chi connectivity index (χ1n) is 19.8. The number of nitrogens with zero attached hydrogens (tertiary/aromatic N) is 2. The summed E-state index contributed by atoms with van der Waals surface area (Å²) in [6.45, 7) is 27.2. The fourth-order valence-electron chi connectivity index (χ4n) is 7.22. The molecule has 11 nitrogen and oxygen atoms in total. The van der Waals surface area contributed by atoms with E-state index in [1.165, 1.54) is 6.08 Å². The van der Waals surface area contributed by atoms with E-state index in [4.69, 9.17) is 23.4 Å². The minimum atomic E-state index is -2.05. The van der Waals surface area contributed by atoms with Crippen LogP contribution in [0.4, 0.5) is 10.5 Å². The Bertz CT molecular complexity index is 1830. The van der Waals surface area contributed by atoms with Gasteiger partial charge in [0.15, 0.2) is 19.8 Å². The fourth-order valence-corrected chi connectivity index (χ4v) is 8.26. The van der Waals surface area contributed by atoms with Gasteiger partial charge in [0.25, 0.3) is 11.8 Å². The summed E-state index contributed by atoms with van der Waals surface area (Å²) in [5, 5.41) is 2.80. The largest absolute Gasteiger partial charge is 0.493 e. The van der Waals surface area contributed by atoms with Crippen molar-refractivity contribution in [1.82, 2.24) is 9.80 Å². The smallest absolute Gasteiger partial charge is 0.411 e. The van der Waals surface area contributed by atoms with Gasteiger partial charge in [0.2, 0.25) is 0 Å². The van der Waals surface area contributed by atoms with Crippen molar-refractivity contribution in [2.45, 2.75) is 103 Å². The van der Waals surface area contributed by atoms with Gasteiger partial charge in [-0.05, 0) is 99.3 Å². The number of rotatable bonds is 16. The first kappa shape index (κ1) is 42.6. The quantitative estimate of drug-likeness (QED) is 0.102. The molecule has 1 N–H and O–H groups in total. The van der Waals surface area contributed by atoms with Crippen LogP contribution in [0.3, 0.4) is 0 Å². The third-order valence-corrected chi connectivity index (χ3v) is 16.0. The molecule has 3 heterocycles. The van der Waals surface area contributed by atoms with Crippen LogP contribution in [0, 0.1) is 6.92 Å². The molecule has 2 saturated heterocycles. The molecule has 0 radical (unpaired) electrons. The van der Waals surface area contributed by atoms with E-state index in [9.17, 15) is 14.4 Å². The monoisotopic (exact) mass is 787 g/mol. The summed E-state index contributed by atoms with van der Waals surface area (Å²) in [5.41, 5.74) is 5.17. The summed E-state index contributed by atoms with van der Waals surface area (Å²) in [6.07, 6.45) is 6.41. The van der Waals surface area contributed by atoms with Crippen molar-refractivity contribution in [3.8, 4) is 17.2 Å². The highest BCUT2D eigenvalue weighted by atomic mass is 28.4. The lowest BCUT2D eigenvalue weighted by molar-refractivity contribution is 0.0685. The maximum absolute atomic E-state index is 14.2. The normalized spacial score (nSPS) is 18.3. The molecule has 0 aliphatic carbocycles. The van der Waals surface area contributed by atoms with Crippen LogP contribution in [0.15, 0.2) is 61.2 Å². The molecule has 0 bridgehead atoms.